The fourth-order valence-corrected chi connectivity index (χ4v) is 1.80. The van der Waals surface area contributed by atoms with Gasteiger partial charge >= 0.3 is 0 Å². The number of imidazole rings is 1. The molecule has 0 atom stereocenters. The van der Waals surface area contributed by atoms with E-state index in [9.17, 15) is 0 Å². The lowest BCUT2D eigenvalue weighted by atomic mass is 9.90. The number of nitrogens with one attached hydrogen (secondary N) is 1. The van der Waals surface area contributed by atoms with Crippen molar-refractivity contribution in [3.8, 4) is 0 Å². The SMILES string of the molecule is CCC(C)(C)CNCc1cncn1C1CC1. The first-order valence-corrected chi connectivity index (χ1v) is 6.34. The zero-order chi connectivity index (χ0) is 11.6. The van der Waals surface area contributed by atoms with Gasteiger partial charge in [0.1, 0.15) is 0 Å². The van der Waals surface area contributed by atoms with E-state index in [0.717, 1.165) is 19.1 Å². The molecule has 1 aliphatic rings. The molecule has 0 unspecified atom stereocenters. The summed E-state index contributed by atoms with van der Waals surface area (Å²) in [6.07, 6.45) is 7.82. The Morgan fingerprint density at radius 3 is 2.88 bits per heavy atom. The average molecular weight is 221 g/mol. The van der Waals surface area contributed by atoms with Crippen LogP contribution in [0, 0.1) is 5.41 Å². The lowest BCUT2D eigenvalue weighted by molar-refractivity contribution is 0.326. The molecule has 0 spiro atoms. The van der Waals surface area contributed by atoms with Crippen LogP contribution in [0.1, 0.15) is 51.8 Å². The summed E-state index contributed by atoms with van der Waals surface area (Å²) in [7, 11) is 0. The van der Waals surface area contributed by atoms with E-state index in [-0.39, 0.29) is 0 Å². The smallest absolute Gasteiger partial charge is 0.0951 e. The molecule has 16 heavy (non-hydrogen) atoms. The molecule has 2 rings (SSSR count). The predicted molar refractivity (Wildman–Crippen MR) is 66.3 cm³/mol. The van der Waals surface area contributed by atoms with Gasteiger partial charge in [0, 0.05) is 25.3 Å². The van der Waals surface area contributed by atoms with E-state index in [1.807, 2.05) is 12.5 Å². The van der Waals surface area contributed by atoms with Gasteiger partial charge in [-0.1, -0.05) is 20.8 Å². The molecule has 3 nitrogen and oxygen atoms in total. The van der Waals surface area contributed by atoms with E-state index < -0.39 is 0 Å². The van der Waals surface area contributed by atoms with Gasteiger partial charge in [0.15, 0.2) is 0 Å². The molecule has 90 valence electrons. The highest BCUT2D eigenvalue weighted by Gasteiger charge is 2.25. The van der Waals surface area contributed by atoms with Gasteiger partial charge in [0.25, 0.3) is 0 Å². The molecule has 1 saturated carbocycles. The lowest BCUT2D eigenvalue weighted by Gasteiger charge is -2.23. The van der Waals surface area contributed by atoms with E-state index in [0.29, 0.717) is 5.41 Å². The monoisotopic (exact) mass is 221 g/mol. The number of hydrogen-bond acceptors (Lipinski definition) is 2. The van der Waals surface area contributed by atoms with Crippen molar-refractivity contribution >= 4 is 0 Å². The fraction of sp³-hybridized carbons (Fsp3) is 0.769. The summed E-state index contributed by atoms with van der Waals surface area (Å²) in [4.78, 5) is 4.24. The Hall–Kier alpha value is -0.830. The van der Waals surface area contributed by atoms with Crippen molar-refractivity contribution in [2.24, 2.45) is 5.41 Å². The van der Waals surface area contributed by atoms with Crippen LogP contribution in [0.25, 0.3) is 0 Å². The first kappa shape index (κ1) is 11.6. The Bertz CT molecular complexity index is 337. The van der Waals surface area contributed by atoms with E-state index in [1.165, 1.54) is 25.0 Å². The maximum Gasteiger partial charge on any atom is 0.0951 e. The van der Waals surface area contributed by atoms with Crippen molar-refractivity contribution in [2.75, 3.05) is 6.54 Å². The van der Waals surface area contributed by atoms with Crippen LogP contribution in [-0.4, -0.2) is 16.1 Å². The molecule has 1 heterocycles. The van der Waals surface area contributed by atoms with Crippen LogP contribution in [0.4, 0.5) is 0 Å². The Morgan fingerprint density at radius 2 is 2.25 bits per heavy atom. The van der Waals surface area contributed by atoms with Crippen molar-refractivity contribution in [3.05, 3.63) is 18.2 Å². The van der Waals surface area contributed by atoms with Crippen LogP contribution in [0.2, 0.25) is 0 Å². The third kappa shape index (κ3) is 2.85. The third-order valence-electron chi connectivity index (χ3n) is 3.55. The quantitative estimate of drug-likeness (QED) is 0.800. The molecule has 1 aliphatic carbocycles. The molecule has 0 aromatic carbocycles. The summed E-state index contributed by atoms with van der Waals surface area (Å²) in [5.74, 6) is 0. The van der Waals surface area contributed by atoms with Crippen molar-refractivity contribution in [3.63, 3.8) is 0 Å². The number of hydrogen-bond donors (Lipinski definition) is 1. The largest absolute Gasteiger partial charge is 0.330 e. The normalized spacial score (nSPS) is 16.7. The Labute approximate surface area is 98.3 Å². The number of aromatic nitrogens is 2. The van der Waals surface area contributed by atoms with Gasteiger partial charge in [-0.25, -0.2) is 4.98 Å². The molecular formula is C13H23N3. The van der Waals surface area contributed by atoms with Gasteiger partial charge in [-0.2, -0.15) is 0 Å². The van der Waals surface area contributed by atoms with Gasteiger partial charge in [-0.05, 0) is 24.7 Å². The molecule has 1 aromatic heterocycles. The van der Waals surface area contributed by atoms with Crippen LogP contribution in [-0.2, 0) is 6.54 Å². The Kier molecular flexibility index (Phi) is 3.33. The van der Waals surface area contributed by atoms with Crippen LogP contribution in [0.15, 0.2) is 12.5 Å². The number of nitrogens with zero attached hydrogens (tertiary/aromatic N) is 2. The second-order valence-electron chi connectivity index (χ2n) is 5.64. The average Bonchev–Trinajstić information content (AvgIpc) is 2.99. The summed E-state index contributed by atoms with van der Waals surface area (Å²) >= 11 is 0. The zero-order valence-corrected chi connectivity index (χ0v) is 10.7. The van der Waals surface area contributed by atoms with Gasteiger partial charge in [-0.3, -0.25) is 0 Å². The van der Waals surface area contributed by atoms with Crippen molar-refractivity contribution in [2.45, 2.75) is 52.6 Å². The molecular weight excluding hydrogens is 198 g/mol. The molecule has 3 heteroatoms. The standard InChI is InChI=1S/C13H23N3/c1-4-13(2,3)9-14-7-12-8-15-10-16(12)11-5-6-11/h8,10-11,14H,4-7,9H2,1-3H3. The summed E-state index contributed by atoms with van der Waals surface area (Å²) in [5, 5.41) is 3.54. The second-order valence-corrected chi connectivity index (χ2v) is 5.64. The lowest BCUT2D eigenvalue weighted by Crippen LogP contribution is -2.29. The van der Waals surface area contributed by atoms with Gasteiger partial charge in [0.05, 0.1) is 12.0 Å². The summed E-state index contributed by atoms with van der Waals surface area (Å²) in [5.41, 5.74) is 1.72. The molecule has 0 saturated heterocycles. The molecule has 1 aromatic rings. The van der Waals surface area contributed by atoms with E-state index >= 15 is 0 Å². The topological polar surface area (TPSA) is 29.9 Å². The third-order valence-corrected chi connectivity index (χ3v) is 3.55. The highest BCUT2D eigenvalue weighted by atomic mass is 15.1. The molecule has 0 bridgehead atoms. The molecule has 1 fully saturated rings. The highest BCUT2D eigenvalue weighted by molar-refractivity contribution is 5.03. The molecule has 0 amide bonds. The van der Waals surface area contributed by atoms with Crippen LogP contribution in [0.5, 0.6) is 0 Å². The predicted octanol–water partition coefficient (Wildman–Crippen LogP) is 2.74. The Balaban J connectivity index is 1.83. The van der Waals surface area contributed by atoms with Crippen molar-refractivity contribution in [1.82, 2.24) is 14.9 Å². The second kappa shape index (κ2) is 4.58. The number of rotatable bonds is 6. The molecule has 0 radical (unpaired) electrons. The van der Waals surface area contributed by atoms with E-state index in [2.05, 4.69) is 35.6 Å². The Morgan fingerprint density at radius 1 is 1.50 bits per heavy atom. The van der Waals surface area contributed by atoms with Gasteiger partial charge in [0.2, 0.25) is 0 Å². The van der Waals surface area contributed by atoms with Crippen molar-refractivity contribution < 1.29 is 0 Å². The first-order valence-electron chi connectivity index (χ1n) is 6.34. The summed E-state index contributed by atoms with van der Waals surface area (Å²) < 4.78 is 2.33. The molecule has 1 N–H and O–H groups in total. The maximum absolute atomic E-state index is 4.24. The minimum Gasteiger partial charge on any atom is -0.330 e. The molecule has 0 aliphatic heterocycles. The van der Waals surface area contributed by atoms with Crippen LogP contribution >= 0.6 is 0 Å². The zero-order valence-electron chi connectivity index (χ0n) is 10.7. The van der Waals surface area contributed by atoms with E-state index in [1.54, 1.807) is 0 Å². The summed E-state index contributed by atoms with van der Waals surface area (Å²) in [6, 6.07) is 0.735. The van der Waals surface area contributed by atoms with Crippen LogP contribution < -0.4 is 5.32 Å². The summed E-state index contributed by atoms with van der Waals surface area (Å²) in [6.45, 7) is 8.87. The fourth-order valence-electron chi connectivity index (χ4n) is 1.80. The van der Waals surface area contributed by atoms with Crippen LogP contribution in [0.3, 0.4) is 0 Å². The van der Waals surface area contributed by atoms with Gasteiger partial charge in [-0.15, -0.1) is 0 Å². The minimum absolute atomic E-state index is 0.393. The van der Waals surface area contributed by atoms with E-state index in [4.69, 9.17) is 0 Å². The maximum atomic E-state index is 4.24. The van der Waals surface area contributed by atoms with Gasteiger partial charge < -0.3 is 9.88 Å². The van der Waals surface area contributed by atoms with Crippen molar-refractivity contribution in [1.29, 1.82) is 0 Å². The minimum atomic E-state index is 0.393. The first-order chi connectivity index (χ1) is 7.62. The highest BCUT2D eigenvalue weighted by Crippen LogP contribution is 2.35.